The molecule has 0 bridgehead atoms. The van der Waals surface area contributed by atoms with Gasteiger partial charge < -0.3 is 9.66 Å². The van der Waals surface area contributed by atoms with Crippen molar-refractivity contribution >= 4 is 56.2 Å². The lowest BCUT2D eigenvalue weighted by molar-refractivity contribution is -0.138. The zero-order valence-corrected chi connectivity index (χ0v) is 15.6. The van der Waals surface area contributed by atoms with E-state index in [9.17, 15) is 9.35 Å². The van der Waals surface area contributed by atoms with E-state index in [2.05, 4.69) is 20.7 Å². The van der Waals surface area contributed by atoms with Gasteiger partial charge in [0.1, 0.15) is 10.3 Å². The zero-order chi connectivity index (χ0) is 15.7. The van der Waals surface area contributed by atoms with Crippen molar-refractivity contribution in [2.45, 2.75) is 44.4 Å². The first-order valence-electron chi connectivity index (χ1n) is 5.82. The van der Waals surface area contributed by atoms with Crippen molar-refractivity contribution in [2.75, 3.05) is 0 Å². The third kappa shape index (κ3) is 4.61. The molecule has 1 heterocycles. The highest BCUT2D eigenvalue weighted by Gasteiger charge is 2.41. The number of carbonyl (C=O) groups is 1. The van der Waals surface area contributed by atoms with Crippen molar-refractivity contribution in [1.82, 2.24) is 4.72 Å². The highest BCUT2D eigenvalue weighted by atomic mass is 79.9. The van der Waals surface area contributed by atoms with Crippen molar-refractivity contribution in [2.24, 2.45) is 0 Å². The molecule has 20 heavy (non-hydrogen) atoms. The van der Waals surface area contributed by atoms with E-state index >= 15 is 0 Å². The summed E-state index contributed by atoms with van der Waals surface area (Å²) in [6, 6.07) is 1.71. The molecule has 0 saturated heterocycles. The summed E-state index contributed by atoms with van der Waals surface area (Å²) in [4.78, 5) is 11.8. The summed E-state index contributed by atoms with van der Waals surface area (Å²) in [6.07, 6.45) is -0.207. The number of aliphatic carboxylic acids is 1. The molecule has 1 aromatic heterocycles. The lowest BCUT2D eigenvalue weighted by atomic mass is 9.97. The number of hydrogen-bond acceptors (Lipinski definition) is 4. The number of hydrogen-bond donors (Lipinski definition) is 2. The van der Waals surface area contributed by atoms with Gasteiger partial charge >= 0.3 is 5.97 Å². The lowest BCUT2D eigenvalue weighted by Crippen LogP contribution is -2.50. The second-order valence-corrected chi connectivity index (χ2v) is 10.4. The molecular formula is C12H17BrClNO3S2. The lowest BCUT2D eigenvalue weighted by Gasteiger charge is -2.33. The average Bonchev–Trinajstić information content (AvgIpc) is 2.55. The van der Waals surface area contributed by atoms with E-state index in [-0.39, 0.29) is 6.42 Å². The van der Waals surface area contributed by atoms with Gasteiger partial charge in [-0.25, -0.2) is 0 Å². The molecule has 1 rings (SSSR count). The monoisotopic (exact) mass is 401 g/mol. The van der Waals surface area contributed by atoms with Crippen LogP contribution in [0.1, 0.15) is 39.0 Å². The van der Waals surface area contributed by atoms with E-state index < -0.39 is 27.6 Å². The summed E-state index contributed by atoms with van der Waals surface area (Å²) in [5.74, 6) is -0.980. The maximum atomic E-state index is 12.3. The molecule has 2 unspecified atom stereocenters. The van der Waals surface area contributed by atoms with E-state index in [0.717, 1.165) is 3.79 Å². The molecule has 0 aliphatic heterocycles. The van der Waals surface area contributed by atoms with Crippen molar-refractivity contribution in [3.63, 3.8) is 0 Å². The van der Waals surface area contributed by atoms with E-state index in [0.29, 0.717) is 9.90 Å². The van der Waals surface area contributed by atoms with Gasteiger partial charge in [-0.3, -0.25) is 4.79 Å². The Hall–Kier alpha value is 0.210. The Labute approximate surface area is 139 Å². The summed E-state index contributed by atoms with van der Waals surface area (Å²) in [7, 11) is 0. The van der Waals surface area contributed by atoms with Gasteiger partial charge in [-0.2, -0.15) is 0 Å². The minimum absolute atomic E-state index is 0.207. The van der Waals surface area contributed by atoms with Crippen molar-refractivity contribution < 1.29 is 14.5 Å². The van der Waals surface area contributed by atoms with Gasteiger partial charge in [0.2, 0.25) is 0 Å². The molecule has 0 amide bonds. The third-order valence-corrected chi connectivity index (χ3v) is 6.60. The molecule has 0 fully saturated rings. The molecule has 2 atom stereocenters. The molecule has 0 radical (unpaired) electrons. The quantitative estimate of drug-likeness (QED) is 0.733. The molecule has 4 nitrogen and oxygen atoms in total. The summed E-state index contributed by atoms with van der Waals surface area (Å²) in [5.41, 5.74) is -0.988. The Bertz CT molecular complexity index is 503. The Morgan fingerprint density at radius 3 is 2.45 bits per heavy atom. The number of thiophene rings is 1. The SMILES string of the molecule is CC(CC(=O)O)(N[S+]([O-])C(C)(C)C)c1sc(Br)cc1Cl. The van der Waals surface area contributed by atoms with Gasteiger partial charge in [0.25, 0.3) is 0 Å². The van der Waals surface area contributed by atoms with Gasteiger partial charge in [-0.15, -0.1) is 16.1 Å². The van der Waals surface area contributed by atoms with Crippen LogP contribution in [0.3, 0.4) is 0 Å². The number of nitrogens with one attached hydrogen (secondary N) is 1. The van der Waals surface area contributed by atoms with Crippen molar-refractivity contribution in [3.8, 4) is 0 Å². The number of carboxylic acid groups (broad SMARTS) is 1. The summed E-state index contributed by atoms with van der Waals surface area (Å²) in [6.45, 7) is 7.17. The van der Waals surface area contributed by atoms with Crippen molar-refractivity contribution in [3.05, 3.63) is 19.8 Å². The first-order valence-corrected chi connectivity index (χ1v) is 8.96. The maximum absolute atomic E-state index is 12.3. The van der Waals surface area contributed by atoms with Crippen LogP contribution in [0.5, 0.6) is 0 Å². The maximum Gasteiger partial charge on any atom is 0.305 e. The molecule has 1 aromatic rings. The fraction of sp³-hybridized carbons (Fsp3) is 0.583. The topological polar surface area (TPSA) is 72.4 Å². The fourth-order valence-corrected chi connectivity index (χ4v) is 4.72. The molecule has 0 aliphatic rings. The second kappa shape index (κ2) is 6.54. The number of rotatable bonds is 5. The van der Waals surface area contributed by atoms with E-state index in [4.69, 9.17) is 16.7 Å². The number of carboxylic acids is 1. The van der Waals surface area contributed by atoms with Crippen LogP contribution < -0.4 is 4.72 Å². The highest BCUT2D eigenvalue weighted by Crippen LogP contribution is 2.41. The summed E-state index contributed by atoms with van der Waals surface area (Å²) >= 11 is 9.43. The zero-order valence-electron chi connectivity index (χ0n) is 11.6. The average molecular weight is 403 g/mol. The molecule has 0 aromatic carbocycles. The fourth-order valence-electron chi connectivity index (χ4n) is 1.54. The van der Waals surface area contributed by atoms with Crippen LogP contribution in [0, 0.1) is 0 Å². The second-order valence-electron chi connectivity index (χ2n) is 5.61. The predicted octanol–water partition coefficient (Wildman–Crippen LogP) is 3.91. The Balaban J connectivity index is 3.16. The van der Waals surface area contributed by atoms with Gasteiger partial charge in [-0.1, -0.05) is 11.6 Å². The smallest absolute Gasteiger partial charge is 0.305 e. The number of halogens is 2. The standard InChI is InChI=1S/C12H17BrClNO3S2/c1-11(2,3)20(18)15-12(4,6-9(16)17)10-7(14)5-8(13)19-10/h5,15H,6H2,1-4H3,(H,16,17). The minimum Gasteiger partial charge on any atom is -0.598 e. The Morgan fingerprint density at radius 2 is 2.10 bits per heavy atom. The molecule has 114 valence electrons. The molecule has 0 aliphatic carbocycles. The normalized spacial score (nSPS) is 16.8. The molecule has 8 heteroatoms. The predicted molar refractivity (Wildman–Crippen MR) is 87.7 cm³/mol. The van der Waals surface area contributed by atoms with Crippen LogP contribution in [-0.4, -0.2) is 20.4 Å². The van der Waals surface area contributed by atoms with Crippen LogP contribution in [0.25, 0.3) is 0 Å². The summed E-state index contributed by atoms with van der Waals surface area (Å²) < 4.78 is 15.5. The highest BCUT2D eigenvalue weighted by molar-refractivity contribution is 9.11. The first kappa shape index (κ1) is 18.3. The van der Waals surface area contributed by atoms with Crippen LogP contribution >= 0.6 is 38.9 Å². The molecule has 2 N–H and O–H groups in total. The van der Waals surface area contributed by atoms with Crippen molar-refractivity contribution in [1.29, 1.82) is 0 Å². The van der Waals surface area contributed by atoms with Crippen LogP contribution in [0.2, 0.25) is 5.02 Å². The van der Waals surface area contributed by atoms with E-state index in [1.807, 2.05) is 20.8 Å². The van der Waals surface area contributed by atoms with Crippen LogP contribution in [-0.2, 0) is 21.7 Å². The minimum atomic E-state index is -1.40. The van der Waals surface area contributed by atoms with Gasteiger partial charge in [0, 0.05) is 16.2 Å². The summed E-state index contributed by atoms with van der Waals surface area (Å²) in [5, 5.41) is 9.60. The van der Waals surface area contributed by atoms with Crippen LogP contribution in [0.4, 0.5) is 0 Å². The molecular weight excluding hydrogens is 386 g/mol. The molecule has 0 saturated carbocycles. The Morgan fingerprint density at radius 1 is 1.55 bits per heavy atom. The third-order valence-electron chi connectivity index (χ3n) is 2.54. The van der Waals surface area contributed by atoms with E-state index in [1.165, 1.54) is 11.3 Å². The van der Waals surface area contributed by atoms with Gasteiger partial charge in [0.15, 0.2) is 0 Å². The van der Waals surface area contributed by atoms with Gasteiger partial charge in [0.05, 0.1) is 15.2 Å². The Kier molecular flexibility index (Phi) is 5.97. The van der Waals surface area contributed by atoms with E-state index in [1.54, 1.807) is 13.0 Å². The molecule has 0 spiro atoms. The van der Waals surface area contributed by atoms with Gasteiger partial charge in [-0.05, 0) is 49.7 Å². The van der Waals surface area contributed by atoms with Crippen LogP contribution in [0.15, 0.2) is 9.85 Å². The largest absolute Gasteiger partial charge is 0.598 e. The first-order chi connectivity index (χ1) is 8.95.